The van der Waals surface area contributed by atoms with Crippen LogP contribution in [-0.2, 0) is 11.3 Å². The molecule has 2 fully saturated rings. The van der Waals surface area contributed by atoms with Crippen molar-refractivity contribution in [3.05, 3.63) is 71.9 Å². The van der Waals surface area contributed by atoms with Gasteiger partial charge in [0.05, 0.1) is 10.7 Å². The molecule has 2 N–H and O–H groups in total. The predicted molar refractivity (Wildman–Crippen MR) is 168 cm³/mol. The van der Waals surface area contributed by atoms with Gasteiger partial charge in [0.2, 0.25) is 5.91 Å². The third-order valence-electron chi connectivity index (χ3n) is 7.59. The molecule has 3 aromatic rings. The summed E-state index contributed by atoms with van der Waals surface area (Å²) in [7, 11) is 2.16. The molecule has 0 spiro atoms. The number of piperazine rings is 1. The third kappa shape index (κ3) is 7.15. The van der Waals surface area contributed by atoms with Gasteiger partial charge in [-0.15, -0.1) is 0 Å². The molecule has 2 aliphatic rings. The maximum Gasteiger partial charge on any atom is 0.222 e. The molecular formula is C32H38N6O2S. The molecule has 41 heavy (non-hydrogen) atoms. The molecule has 0 bridgehead atoms. The van der Waals surface area contributed by atoms with Crippen molar-refractivity contribution in [3.8, 4) is 22.8 Å². The van der Waals surface area contributed by atoms with Gasteiger partial charge >= 0.3 is 0 Å². The lowest BCUT2D eigenvalue weighted by Crippen LogP contribution is -2.44. The first kappa shape index (κ1) is 28.8. The van der Waals surface area contributed by atoms with Crippen LogP contribution in [0.1, 0.15) is 37.8 Å². The second kappa shape index (κ2) is 12.9. The maximum absolute atomic E-state index is 12.4. The SMILES string of the molecule is CC(C)C(=N)SC(=N)c1ccc(Oc2cc(-c3cc(N4CCN(C)CC4)ccn3)ccc2CN2CCCC2=O)cc1. The van der Waals surface area contributed by atoms with E-state index in [2.05, 4.69) is 40.0 Å². The Balaban J connectivity index is 1.40. The van der Waals surface area contributed by atoms with E-state index in [4.69, 9.17) is 15.6 Å². The summed E-state index contributed by atoms with van der Waals surface area (Å²) in [6.45, 7) is 9.23. The van der Waals surface area contributed by atoms with Crippen molar-refractivity contribution in [1.82, 2.24) is 14.8 Å². The third-order valence-corrected chi connectivity index (χ3v) is 8.72. The lowest BCUT2D eigenvalue weighted by Gasteiger charge is -2.34. The molecule has 0 unspecified atom stereocenters. The fourth-order valence-corrected chi connectivity index (χ4v) is 5.65. The Morgan fingerprint density at radius 2 is 1.76 bits per heavy atom. The first-order chi connectivity index (χ1) is 19.8. The first-order valence-corrected chi connectivity index (χ1v) is 15.0. The predicted octanol–water partition coefficient (Wildman–Crippen LogP) is 6.11. The Kier molecular flexibility index (Phi) is 9.05. The Morgan fingerprint density at radius 3 is 2.44 bits per heavy atom. The number of hydrogen-bond donors (Lipinski definition) is 2. The van der Waals surface area contributed by atoms with Crippen LogP contribution < -0.4 is 9.64 Å². The quantitative estimate of drug-likeness (QED) is 0.251. The van der Waals surface area contributed by atoms with E-state index < -0.39 is 0 Å². The van der Waals surface area contributed by atoms with Crippen molar-refractivity contribution < 1.29 is 9.53 Å². The second-order valence-corrected chi connectivity index (χ2v) is 12.1. The number of likely N-dealkylation sites (tertiary alicyclic amines) is 1. The van der Waals surface area contributed by atoms with E-state index in [9.17, 15) is 4.79 Å². The fraction of sp³-hybridized carbons (Fsp3) is 0.375. The van der Waals surface area contributed by atoms with Crippen LogP contribution in [0, 0.1) is 16.7 Å². The smallest absolute Gasteiger partial charge is 0.222 e. The molecule has 1 amide bonds. The summed E-state index contributed by atoms with van der Waals surface area (Å²) in [6.07, 6.45) is 3.35. The number of amides is 1. The van der Waals surface area contributed by atoms with Crippen LogP contribution in [0.15, 0.2) is 60.8 Å². The zero-order chi connectivity index (χ0) is 28.9. The van der Waals surface area contributed by atoms with Gasteiger partial charge < -0.3 is 19.4 Å². The van der Waals surface area contributed by atoms with Crippen LogP contribution in [0.25, 0.3) is 11.3 Å². The number of benzene rings is 2. The number of pyridine rings is 1. The molecule has 0 saturated carbocycles. The molecule has 0 aliphatic carbocycles. The van der Waals surface area contributed by atoms with E-state index in [0.717, 1.165) is 61.5 Å². The zero-order valence-electron chi connectivity index (χ0n) is 24.0. The number of nitrogens with one attached hydrogen (secondary N) is 2. The average molecular weight is 571 g/mol. The van der Waals surface area contributed by atoms with Crippen LogP contribution in [0.5, 0.6) is 11.5 Å². The van der Waals surface area contributed by atoms with Gasteiger partial charge in [-0.2, -0.15) is 0 Å². The van der Waals surface area contributed by atoms with E-state index >= 15 is 0 Å². The van der Waals surface area contributed by atoms with E-state index in [1.165, 1.54) is 17.4 Å². The minimum atomic E-state index is 0.0906. The number of carbonyl (C=O) groups excluding carboxylic acids is 1. The van der Waals surface area contributed by atoms with Gasteiger partial charge in [0.15, 0.2) is 0 Å². The van der Waals surface area contributed by atoms with Crippen LogP contribution in [0.4, 0.5) is 5.69 Å². The molecular weight excluding hydrogens is 532 g/mol. The Hall–Kier alpha value is -3.69. The van der Waals surface area contributed by atoms with Crippen LogP contribution in [0.3, 0.4) is 0 Å². The topological polar surface area (TPSA) is 96.6 Å². The molecule has 5 rings (SSSR count). The number of nitrogens with zero attached hydrogens (tertiary/aromatic N) is 4. The Morgan fingerprint density at radius 1 is 1.00 bits per heavy atom. The highest BCUT2D eigenvalue weighted by atomic mass is 32.2. The van der Waals surface area contributed by atoms with Crippen molar-refractivity contribution in [2.24, 2.45) is 5.92 Å². The second-order valence-electron chi connectivity index (χ2n) is 11.0. The lowest BCUT2D eigenvalue weighted by atomic mass is 10.1. The number of aromatic nitrogens is 1. The number of likely N-dealkylation sites (N-methyl/N-ethyl adjacent to an activating group) is 1. The molecule has 2 aliphatic heterocycles. The molecule has 1 aromatic heterocycles. The number of rotatable bonds is 8. The van der Waals surface area contributed by atoms with Crippen LogP contribution in [-0.4, -0.2) is 70.5 Å². The van der Waals surface area contributed by atoms with Crippen molar-refractivity contribution in [2.45, 2.75) is 33.2 Å². The summed E-state index contributed by atoms with van der Waals surface area (Å²) < 4.78 is 6.43. The Labute approximate surface area is 246 Å². The minimum Gasteiger partial charge on any atom is -0.457 e. The van der Waals surface area contributed by atoms with Crippen molar-refractivity contribution in [1.29, 1.82) is 10.8 Å². The number of hydrogen-bond acceptors (Lipinski definition) is 8. The monoisotopic (exact) mass is 570 g/mol. The van der Waals surface area contributed by atoms with Gasteiger partial charge in [-0.05, 0) is 55.9 Å². The van der Waals surface area contributed by atoms with Gasteiger partial charge in [0.25, 0.3) is 0 Å². The average Bonchev–Trinajstić information content (AvgIpc) is 3.38. The highest BCUT2D eigenvalue weighted by Gasteiger charge is 2.22. The van der Waals surface area contributed by atoms with Crippen molar-refractivity contribution in [2.75, 3.05) is 44.7 Å². The van der Waals surface area contributed by atoms with E-state index in [1.54, 1.807) is 0 Å². The van der Waals surface area contributed by atoms with Gasteiger partial charge in [-0.1, -0.05) is 37.7 Å². The standard InChI is InChI=1S/C32H38N6O2S/c1-22(2)31(33)41-32(34)23-8-10-27(11-9-23)40-29-19-24(6-7-25(29)21-38-14-4-5-30(38)39)28-20-26(12-13-35-28)37-17-15-36(3)16-18-37/h6-13,19-20,22,33-34H,4-5,14-18,21H2,1-3H3. The summed E-state index contributed by atoms with van der Waals surface area (Å²) >= 11 is 1.18. The van der Waals surface area contributed by atoms with E-state index in [-0.39, 0.29) is 11.8 Å². The summed E-state index contributed by atoms with van der Waals surface area (Å²) in [5.41, 5.74) is 4.68. The molecule has 3 heterocycles. The molecule has 9 heteroatoms. The van der Waals surface area contributed by atoms with Gasteiger partial charge in [-0.25, -0.2) is 0 Å². The zero-order valence-corrected chi connectivity index (χ0v) is 24.8. The maximum atomic E-state index is 12.4. The van der Waals surface area contributed by atoms with Gasteiger partial charge in [0, 0.05) is 80.2 Å². The number of ether oxygens (including phenoxy) is 1. The number of thioether (sulfide) groups is 1. The van der Waals surface area contributed by atoms with Crippen LogP contribution >= 0.6 is 11.8 Å². The molecule has 0 atom stereocenters. The molecule has 2 saturated heterocycles. The fourth-order valence-electron chi connectivity index (χ4n) is 4.94. The van der Waals surface area contributed by atoms with Crippen molar-refractivity contribution in [3.63, 3.8) is 0 Å². The first-order valence-electron chi connectivity index (χ1n) is 14.2. The number of carbonyl (C=O) groups is 1. The summed E-state index contributed by atoms with van der Waals surface area (Å²) in [5, 5.41) is 17.3. The Bertz CT molecular complexity index is 1420. The molecule has 8 nitrogen and oxygen atoms in total. The lowest BCUT2D eigenvalue weighted by molar-refractivity contribution is -0.128. The normalized spacial score (nSPS) is 16.0. The summed E-state index contributed by atoms with van der Waals surface area (Å²) in [6, 6.07) is 17.7. The van der Waals surface area contributed by atoms with E-state index in [0.29, 0.717) is 34.6 Å². The van der Waals surface area contributed by atoms with Gasteiger partial charge in [-0.3, -0.25) is 20.6 Å². The largest absolute Gasteiger partial charge is 0.457 e. The number of anilines is 1. The molecule has 214 valence electrons. The summed E-state index contributed by atoms with van der Waals surface area (Å²) in [5.74, 6) is 1.60. The van der Waals surface area contributed by atoms with Gasteiger partial charge in [0.1, 0.15) is 16.5 Å². The minimum absolute atomic E-state index is 0.0906. The van der Waals surface area contributed by atoms with Crippen molar-refractivity contribution >= 4 is 33.4 Å². The molecule has 0 radical (unpaired) electrons. The van der Waals surface area contributed by atoms with E-state index in [1.807, 2.05) is 61.3 Å². The van der Waals surface area contributed by atoms with Crippen LogP contribution in [0.2, 0.25) is 0 Å². The molecule has 2 aromatic carbocycles. The summed E-state index contributed by atoms with van der Waals surface area (Å²) in [4.78, 5) is 23.7. The highest BCUT2D eigenvalue weighted by molar-refractivity contribution is 8.26. The highest BCUT2D eigenvalue weighted by Crippen LogP contribution is 2.33.